The van der Waals surface area contributed by atoms with Crippen molar-refractivity contribution in [2.45, 2.75) is 61.8 Å². The number of benzene rings is 1. The molecule has 7 heteroatoms. The van der Waals surface area contributed by atoms with E-state index in [-0.39, 0.29) is 6.04 Å². The third-order valence-corrected chi connectivity index (χ3v) is 8.72. The van der Waals surface area contributed by atoms with Gasteiger partial charge in [0.2, 0.25) is 5.60 Å². The first kappa shape index (κ1) is 21.7. The summed E-state index contributed by atoms with van der Waals surface area (Å²) < 4.78 is 10.6. The molecule has 3 heterocycles. The van der Waals surface area contributed by atoms with Gasteiger partial charge >= 0.3 is 5.97 Å². The number of anilines is 1. The van der Waals surface area contributed by atoms with Crippen LogP contribution in [0.5, 0.6) is 5.75 Å². The van der Waals surface area contributed by atoms with Gasteiger partial charge in [0.15, 0.2) is 0 Å². The third kappa shape index (κ3) is 2.34. The summed E-state index contributed by atoms with van der Waals surface area (Å²) in [6.45, 7) is 3.79. The molecule has 0 aromatic heterocycles. The highest BCUT2D eigenvalue weighted by molar-refractivity contribution is 5.86. The number of rotatable bonds is 5. The highest BCUT2D eigenvalue weighted by Gasteiger charge is 2.79. The third-order valence-electron chi connectivity index (χ3n) is 8.72. The molecule has 3 aliphatic heterocycles. The van der Waals surface area contributed by atoms with Crippen LogP contribution in [-0.2, 0) is 14.9 Å². The highest BCUT2D eigenvalue weighted by Crippen LogP contribution is 2.67. The Kier molecular flexibility index (Phi) is 4.89. The molecule has 1 spiro atoms. The number of esters is 1. The first-order valence-electron chi connectivity index (χ1n) is 11.6. The van der Waals surface area contributed by atoms with E-state index < -0.39 is 34.5 Å². The summed E-state index contributed by atoms with van der Waals surface area (Å²) in [6, 6.07) is 5.36. The van der Waals surface area contributed by atoms with Crippen molar-refractivity contribution >= 4 is 11.7 Å². The van der Waals surface area contributed by atoms with Crippen LogP contribution in [-0.4, -0.2) is 79.2 Å². The van der Waals surface area contributed by atoms with Gasteiger partial charge < -0.3 is 24.6 Å². The van der Waals surface area contributed by atoms with Gasteiger partial charge in [-0.1, -0.05) is 38.0 Å². The maximum Gasteiger partial charge on any atom is 0.342 e. The number of unbranched alkanes of at least 4 members (excludes halogenated alkanes) is 1. The van der Waals surface area contributed by atoms with E-state index in [0.29, 0.717) is 6.42 Å². The second-order valence-corrected chi connectivity index (χ2v) is 9.92. The van der Waals surface area contributed by atoms with Crippen molar-refractivity contribution < 1.29 is 24.5 Å². The van der Waals surface area contributed by atoms with Gasteiger partial charge in [-0.2, -0.15) is 0 Å². The first-order chi connectivity index (χ1) is 15.3. The van der Waals surface area contributed by atoms with Crippen molar-refractivity contribution in [2.75, 3.05) is 39.3 Å². The van der Waals surface area contributed by atoms with E-state index >= 15 is 0 Å². The Bertz CT molecular complexity index is 966. The largest absolute Gasteiger partial charge is 0.497 e. The minimum Gasteiger partial charge on any atom is -0.497 e. The highest BCUT2D eigenvalue weighted by atomic mass is 16.5. The molecule has 6 atom stereocenters. The summed E-state index contributed by atoms with van der Waals surface area (Å²) in [5, 5.41) is 24.1. The normalized spacial score (nSPS) is 39.4. The lowest BCUT2D eigenvalue weighted by molar-refractivity contribution is -0.219. The summed E-state index contributed by atoms with van der Waals surface area (Å²) in [6.07, 6.45) is 6.27. The molecule has 0 bridgehead atoms. The standard InChI is InChI=1S/C25H34N2O5/c1-5-6-10-23-11-7-13-27-14-12-24(19(23)27)17-9-8-16(31-3)15-18(17)26(2)20(24)25(30,21(23)28)22(29)32-4/h7-9,11,15,19-21,28,30H,5-6,10,12-14H2,1-4H3/t19-,20-,21+,23+,24+,25+/m0/s1. The molecule has 174 valence electrons. The van der Waals surface area contributed by atoms with Crippen molar-refractivity contribution in [2.24, 2.45) is 5.41 Å². The van der Waals surface area contributed by atoms with Crippen molar-refractivity contribution in [1.82, 2.24) is 4.90 Å². The summed E-state index contributed by atoms with van der Waals surface area (Å²) in [7, 11) is 4.82. The molecule has 0 radical (unpaired) electrons. The Hall–Kier alpha value is -2.09. The molecular formula is C25H34N2O5. The lowest BCUT2D eigenvalue weighted by atomic mass is 9.47. The molecule has 4 aliphatic rings. The lowest BCUT2D eigenvalue weighted by Gasteiger charge is -2.63. The number of aliphatic hydroxyl groups excluding tert-OH is 1. The van der Waals surface area contributed by atoms with Gasteiger partial charge in [0.25, 0.3) is 0 Å². The number of ether oxygens (including phenoxy) is 2. The van der Waals surface area contributed by atoms with Gasteiger partial charge in [0.1, 0.15) is 11.9 Å². The summed E-state index contributed by atoms with van der Waals surface area (Å²) in [4.78, 5) is 17.7. The Morgan fingerprint density at radius 1 is 1.28 bits per heavy atom. The van der Waals surface area contributed by atoms with E-state index in [2.05, 4.69) is 30.0 Å². The molecular weight excluding hydrogens is 408 g/mol. The van der Waals surface area contributed by atoms with Crippen LogP contribution < -0.4 is 9.64 Å². The van der Waals surface area contributed by atoms with Crippen LogP contribution in [0.3, 0.4) is 0 Å². The van der Waals surface area contributed by atoms with E-state index in [9.17, 15) is 15.0 Å². The van der Waals surface area contributed by atoms with Crippen molar-refractivity contribution in [1.29, 1.82) is 0 Å². The fourth-order valence-corrected chi connectivity index (χ4v) is 7.67. The van der Waals surface area contributed by atoms with Crippen LogP contribution in [0.2, 0.25) is 0 Å². The summed E-state index contributed by atoms with van der Waals surface area (Å²) in [5.41, 5.74) is -1.28. The van der Waals surface area contributed by atoms with Gasteiger partial charge in [0, 0.05) is 42.2 Å². The van der Waals surface area contributed by atoms with Gasteiger partial charge in [-0.3, -0.25) is 4.90 Å². The van der Waals surface area contributed by atoms with Crippen LogP contribution >= 0.6 is 0 Å². The predicted molar refractivity (Wildman–Crippen MR) is 121 cm³/mol. The molecule has 1 saturated heterocycles. The SMILES string of the molecule is CCCC[C@]12C=CCN3CC[C@@]4(c5ccc(OC)cc5N(C)[C@@H]4[C@](O)(C(=O)OC)[C@@H]1O)[C@@H]32. The number of carbonyl (C=O) groups excluding carboxylic acids is 1. The molecule has 1 saturated carbocycles. The molecule has 0 unspecified atom stereocenters. The Balaban J connectivity index is 1.82. The van der Waals surface area contributed by atoms with E-state index in [1.54, 1.807) is 7.11 Å². The minimum absolute atomic E-state index is 0.0198. The number of nitrogens with zero attached hydrogens (tertiary/aromatic N) is 2. The molecule has 7 nitrogen and oxygen atoms in total. The molecule has 5 rings (SSSR count). The average molecular weight is 443 g/mol. The van der Waals surface area contributed by atoms with Crippen molar-refractivity contribution in [3.8, 4) is 5.75 Å². The van der Waals surface area contributed by atoms with E-state index in [1.165, 1.54) is 7.11 Å². The van der Waals surface area contributed by atoms with Gasteiger partial charge in [0.05, 0.1) is 20.3 Å². The number of carbonyl (C=O) groups is 1. The molecule has 0 amide bonds. The molecule has 2 N–H and O–H groups in total. The molecule has 2 fully saturated rings. The zero-order valence-electron chi connectivity index (χ0n) is 19.4. The monoisotopic (exact) mass is 442 g/mol. The molecule has 1 aromatic carbocycles. The summed E-state index contributed by atoms with van der Waals surface area (Å²) >= 11 is 0. The topological polar surface area (TPSA) is 82.5 Å². The van der Waals surface area contributed by atoms with E-state index in [1.807, 2.05) is 24.1 Å². The lowest BCUT2D eigenvalue weighted by Crippen LogP contribution is -2.80. The van der Waals surface area contributed by atoms with Gasteiger partial charge in [-0.15, -0.1) is 0 Å². The first-order valence-corrected chi connectivity index (χ1v) is 11.6. The van der Waals surface area contributed by atoms with Crippen LogP contribution in [0.4, 0.5) is 5.69 Å². The number of hydrogen-bond donors (Lipinski definition) is 2. The van der Waals surface area contributed by atoms with Crippen LogP contribution in [0.1, 0.15) is 38.2 Å². The van der Waals surface area contributed by atoms with E-state index in [4.69, 9.17) is 9.47 Å². The zero-order valence-corrected chi connectivity index (χ0v) is 19.4. The predicted octanol–water partition coefficient (Wildman–Crippen LogP) is 1.85. The smallest absolute Gasteiger partial charge is 0.342 e. The Morgan fingerprint density at radius 2 is 2.06 bits per heavy atom. The van der Waals surface area contributed by atoms with Gasteiger partial charge in [-0.25, -0.2) is 4.79 Å². The fourth-order valence-electron chi connectivity index (χ4n) is 7.67. The second-order valence-electron chi connectivity index (χ2n) is 9.92. The quantitative estimate of drug-likeness (QED) is 0.532. The van der Waals surface area contributed by atoms with E-state index in [0.717, 1.165) is 49.4 Å². The zero-order chi connectivity index (χ0) is 22.9. The van der Waals surface area contributed by atoms with Crippen molar-refractivity contribution in [3.05, 3.63) is 35.9 Å². The molecule has 32 heavy (non-hydrogen) atoms. The fraction of sp³-hybridized carbons (Fsp3) is 0.640. The minimum atomic E-state index is -2.07. The average Bonchev–Trinajstić information content (AvgIpc) is 3.32. The number of fused-ring (bicyclic) bond motifs is 1. The second kappa shape index (κ2) is 7.20. The number of methoxy groups -OCH3 is 2. The maximum atomic E-state index is 13.3. The maximum absolute atomic E-state index is 13.3. The van der Waals surface area contributed by atoms with Gasteiger partial charge in [-0.05, 0) is 31.0 Å². The van der Waals surface area contributed by atoms with Crippen molar-refractivity contribution in [3.63, 3.8) is 0 Å². The van der Waals surface area contributed by atoms with Crippen LogP contribution in [0.25, 0.3) is 0 Å². The van der Waals surface area contributed by atoms with Crippen LogP contribution in [0, 0.1) is 5.41 Å². The molecule has 1 aliphatic carbocycles. The summed E-state index contributed by atoms with van der Waals surface area (Å²) in [5.74, 6) is -0.0452. The van der Waals surface area contributed by atoms with Crippen LogP contribution in [0.15, 0.2) is 30.4 Å². The Morgan fingerprint density at radius 3 is 2.75 bits per heavy atom. The Labute approximate surface area is 189 Å². The number of aliphatic hydroxyl groups is 2. The molecule has 1 aromatic rings. The number of likely N-dealkylation sites (N-methyl/N-ethyl adjacent to an activating group) is 1. The number of hydrogen-bond acceptors (Lipinski definition) is 7.